The van der Waals surface area contributed by atoms with Crippen molar-refractivity contribution in [2.75, 3.05) is 6.54 Å². The molecule has 0 spiro atoms. The third-order valence-electron chi connectivity index (χ3n) is 3.06. The molecule has 0 aliphatic heterocycles. The summed E-state index contributed by atoms with van der Waals surface area (Å²) in [5, 5.41) is 4.68. The topological polar surface area (TPSA) is 25.2 Å². The van der Waals surface area contributed by atoms with E-state index in [9.17, 15) is 0 Å². The van der Waals surface area contributed by atoms with Crippen molar-refractivity contribution in [3.05, 3.63) is 47.2 Å². The van der Waals surface area contributed by atoms with Crippen molar-refractivity contribution in [3.8, 4) is 0 Å². The summed E-state index contributed by atoms with van der Waals surface area (Å²) in [5.41, 5.74) is 3.64. The van der Waals surface area contributed by atoms with Crippen LogP contribution < -0.4 is 5.32 Å². The Balaban J connectivity index is 2.18. The fourth-order valence-corrected chi connectivity index (χ4v) is 2.10. The van der Waals surface area contributed by atoms with Crippen LogP contribution in [-0.2, 0) is 13.0 Å². The van der Waals surface area contributed by atoms with Gasteiger partial charge in [0, 0.05) is 30.5 Å². The molecule has 1 heterocycles. The van der Waals surface area contributed by atoms with Gasteiger partial charge in [0.1, 0.15) is 11.3 Å². The van der Waals surface area contributed by atoms with Gasteiger partial charge < -0.3 is 9.73 Å². The minimum Gasteiger partial charge on any atom is -0.461 e. The van der Waals surface area contributed by atoms with E-state index in [0.717, 1.165) is 30.9 Å². The lowest BCUT2D eigenvalue weighted by molar-refractivity contribution is 0.546. The number of allylic oxidation sites excluding steroid dienone is 1. The van der Waals surface area contributed by atoms with Crippen molar-refractivity contribution in [2.45, 2.75) is 33.7 Å². The van der Waals surface area contributed by atoms with E-state index < -0.39 is 0 Å². The van der Waals surface area contributed by atoms with Gasteiger partial charge in [0.2, 0.25) is 0 Å². The Bertz CT molecular complexity index is 547. The highest BCUT2D eigenvalue weighted by atomic mass is 16.3. The molecular formula is C16H21NO. The van der Waals surface area contributed by atoms with E-state index in [4.69, 9.17) is 4.42 Å². The summed E-state index contributed by atoms with van der Waals surface area (Å²) < 4.78 is 5.87. The molecule has 0 aliphatic rings. The van der Waals surface area contributed by atoms with Crippen LogP contribution in [0, 0.1) is 0 Å². The highest BCUT2D eigenvalue weighted by Crippen LogP contribution is 2.25. The molecule has 2 nitrogen and oxygen atoms in total. The summed E-state index contributed by atoms with van der Waals surface area (Å²) in [6.45, 7) is 8.14. The number of rotatable bonds is 5. The molecule has 0 saturated heterocycles. The predicted octanol–water partition coefficient (Wildman–Crippen LogP) is 4.05. The molecule has 18 heavy (non-hydrogen) atoms. The Hall–Kier alpha value is -1.54. The van der Waals surface area contributed by atoms with Gasteiger partial charge in [0.25, 0.3) is 0 Å². The lowest BCUT2D eigenvalue weighted by Gasteiger charge is -2.03. The normalized spacial score (nSPS) is 10.8. The standard InChI is InChI=1S/C16H21NO/c1-4-15-14(11-17-10-9-12(2)3)13-7-5-6-8-16(13)18-15/h5-9,17H,4,10-11H2,1-3H3. The Morgan fingerprint density at radius 2 is 2.06 bits per heavy atom. The number of nitrogens with one attached hydrogen (secondary N) is 1. The molecule has 2 heteroatoms. The first-order valence-electron chi connectivity index (χ1n) is 6.55. The maximum Gasteiger partial charge on any atom is 0.134 e. The van der Waals surface area contributed by atoms with Gasteiger partial charge in [-0.15, -0.1) is 0 Å². The first-order valence-corrected chi connectivity index (χ1v) is 6.55. The molecule has 1 aromatic heterocycles. The SMILES string of the molecule is CCc1oc2ccccc2c1CNCC=C(C)C. The molecule has 1 N–H and O–H groups in total. The van der Waals surface area contributed by atoms with Crippen molar-refractivity contribution in [1.29, 1.82) is 0 Å². The van der Waals surface area contributed by atoms with Gasteiger partial charge in [-0.1, -0.05) is 36.8 Å². The van der Waals surface area contributed by atoms with E-state index in [1.807, 2.05) is 12.1 Å². The summed E-state index contributed by atoms with van der Waals surface area (Å²) in [6.07, 6.45) is 3.14. The van der Waals surface area contributed by atoms with E-state index in [0.29, 0.717) is 0 Å². The molecule has 0 bridgehead atoms. The maximum atomic E-state index is 5.87. The maximum absolute atomic E-state index is 5.87. The fraction of sp³-hybridized carbons (Fsp3) is 0.375. The summed E-state index contributed by atoms with van der Waals surface area (Å²) in [5.74, 6) is 1.10. The van der Waals surface area contributed by atoms with E-state index in [2.05, 4.69) is 44.3 Å². The van der Waals surface area contributed by atoms with Crippen LogP contribution in [0.5, 0.6) is 0 Å². The number of aryl methyl sites for hydroxylation is 1. The van der Waals surface area contributed by atoms with E-state index in [-0.39, 0.29) is 0 Å². The average molecular weight is 243 g/mol. The van der Waals surface area contributed by atoms with Crippen molar-refractivity contribution in [1.82, 2.24) is 5.32 Å². The quantitative estimate of drug-likeness (QED) is 0.633. The molecule has 0 amide bonds. The first kappa shape index (κ1) is 12.9. The van der Waals surface area contributed by atoms with Gasteiger partial charge in [0.15, 0.2) is 0 Å². The second-order valence-corrected chi connectivity index (χ2v) is 4.77. The van der Waals surface area contributed by atoms with Gasteiger partial charge in [-0.05, 0) is 19.9 Å². The molecule has 2 rings (SSSR count). The molecule has 0 radical (unpaired) electrons. The lowest BCUT2D eigenvalue weighted by atomic mass is 10.1. The molecule has 0 aliphatic carbocycles. The highest BCUT2D eigenvalue weighted by molar-refractivity contribution is 5.82. The largest absolute Gasteiger partial charge is 0.461 e. The highest BCUT2D eigenvalue weighted by Gasteiger charge is 2.11. The Morgan fingerprint density at radius 1 is 1.28 bits per heavy atom. The molecule has 0 atom stereocenters. The first-order chi connectivity index (χ1) is 8.72. The molecule has 0 saturated carbocycles. The summed E-state index contributed by atoms with van der Waals surface area (Å²) in [7, 11) is 0. The predicted molar refractivity (Wildman–Crippen MR) is 76.7 cm³/mol. The van der Waals surface area contributed by atoms with Crippen LogP contribution in [0.4, 0.5) is 0 Å². The summed E-state index contributed by atoms with van der Waals surface area (Å²) in [4.78, 5) is 0. The van der Waals surface area contributed by atoms with Gasteiger partial charge in [-0.2, -0.15) is 0 Å². The van der Waals surface area contributed by atoms with E-state index >= 15 is 0 Å². The van der Waals surface area contributed by atoms with Crippen LogP contribution in [0.25, 0.3) is 11.0 Å². The van der Waals surface area contributed by atoms with Crippen molar-refractivity contribution in [2.24, 2.45) is 0 Å². The number of fused-ring (bicyclic) bond motifs is 1. The molecule has 0 unspecified atom stereocenters. The Kier molecular flexibility index (Phi) is 4.21. The molecule has 2 aromatic rings. The number of hydrogen-bond donors (Lipinski definition) is 1. The number of hydrogen-bond acceptors (Lipinski definition) is 2. The zero-order chi connectivity index (χ0) is 13.0. The molecular weight excluding hydrogens is 222 g/mol. The number of benzene rings is 1. The average Bonchev–Trinajstić information content (AvgIpc) is 2.72. The van der Waals surface area contributed by atoms with Crippen molar-refractivity contribution >= 4 is 11.0 Å². The van der Waals surface area contributed by atoms with Gasteiger partial charge in [0.05, 0.1) is 0 Å². The Labute approximate surface area is 109 Å². The van der Waals surface area contributed by atoms with Crippen LogP contribution in [0.1, 0.15) is 32.1 Å². The third-order valence-corrected chi connectivity index (χ3v) is 3.06. The van der Waals surface area contributed by atoms with E-state index in [1.165, 1.54) is 16.5 Å². The Morgan fingerprint density at radius 3 is 2.78 bits per heavy atom. The molecule has 0 fully saturated rings. The number of para-hydroxylation sites is 1. The summed E-state index contributed by atoms with van der Waals surface area (Å²) in [6, 6.07) is 8.26. The van der Waals surface area contributed by atoms with Gasteiger partial charge >= 0.3 is 0 Å². The third kappa shape index (κ3) is 2.82. The molecule has 96 valence electrons. The van der Waals surface area contributed by atoms with E-state index in [1.54, 1.807) is 0 Å². The van der Waals surface area contributed by atoms with Crippen LogP contribution in [0.2, 0.25) is 0 Å². The van der Waals surface area contributed by atoms with Gasteiger partial charge in [-0.3, -0.25) is 0 Å². The second kappa shape index (κ2) is 5.87. The van der Waals surface area contributed by atoms with Crippen LogP contribution in [0.3, 0.4) is 0 Å². The monoisotopic (exact) mass is 243 g/mol. The smallest absolute Gasteiger partial charge is 0.134 e. The fourth-order valence-electron chi connectivity index (χ4n) is 2.10. The van der Waals surface area contributed by atoms with Crippen LogP contribution in [-0.4, -0.2) is 6.54 Å². The van der Waals surface area contributed by atoms with Crippen LogP contribution in [0.15, 0.2) is 40.3 Å². The zero-order valence-corrected chi connectivity index (χ0v) is 11.4. The molecule has 1 aromatic carbocycles. The lowest BCUT2D eigenvalue weighted by Crippen LogP contribution is -2.13. The summed E-state index contributed by atoms with van der Waals surface area (Å²) >= 11 is 0. The number of furan rings is 1. The van der Waals surface area contributed by atoms with Crippen molar-refractivity contribution < 1.29 is 4.42 Å². The minimum atomic E-state index is 0.865. The van der Waals surface area contributed by atoms with Gasteiger partial charge in [-0.25, -0.2) is 0 Å². The zero-order valence-electron chi connectivity index (χ0n) is 11.4. The second-order valence-electron chi connectivity index (χ2n) is 4.77. The van der Waals surface area contributed by atoms with Crippen LogP contribution >= 0.6 is 0 Å². The minimum absolute atomic E-state index is 0.865. The van der Waals surface area contributed by atoms with Crippen molar-refractivity contribution in [3.63, 3.8) is 0 Å².